The number of aryl methyl sites for hydroxylation is 1. The van der Waals surface area contributed by atoms with Gasteiger partial charge in [0.15, 0.2) is 5.82 Å². The van der Waals surface area contributed by atoms with Gasteiger partial charge in [0.05, 0.1) is 5.56 Å². The Morgan fingerprint density at radius 2 is 2.05 bits per heavy atom. The van der Waals surface area contributed by atoms with Crippen molar-refractivity contribution in [3.05, 3.63) is 29.6 Å². The summed E-state index contributed by atoms with van der Waals surface area (Å²) in [6, 6.07) is 5.49. The zero-order valence-corrected chi connectivity index (χ0v) is 10.8. The van der Waals surface area contributed by atoms with Crippen LogP contribution >= 0.6 is 0 Å². The molecule has 1 fully saturated rings. The van der Waals surface area contributed by atoms with Crippen molar-refractivity contribution in [2.75, 3.05) is 13.2 Å². The zero-order valence-electron chi connectivity index (χ0n) is 10.8. The molecule has 1 aromatic heterocycles. The van der Waals surface area contributed by atoms with Crippen molar-refractivity contribution in [2.45, 2.75) is 25.7 Å². The van der Waals surface area contributed by atoms with Crippen LogP contribution < -0.4 is 0 Å². The summed E-state index contributed by atoms with van der Waals surface area (Å²) in [4.78, 5) is 4.41. The van der Waals surface area contributed by atoms with Crippen LogP contribution in [0.15, 0.2) is 22.7 Å². The van der Waals surface area contributed by atoms with Gasteiger partial charge in [-0.1, -0.05) is 17.3 Å². The summed E-state index contributed by atoms with van der Waals surface area (Å²) >= 11 is 0. The Hall–Kier alpha value is -1.88. The highest BCUT2D eigenvalue weighted by atomic mass is 16.5. The first-order valence-corrected chi connectivity index (χ1v) is 6.46. The Morgan fingerprint density at radius 1 is 1.26 bits per heavy atom. The molecule has 0 bridgehead atoms. The second-order valence-electron chi connectivity index (χ2n) is 4.82. The Bertz CT molecular complexity index is 574. The van der Waals surface area contributed by atoms with Crippen LogP contribution in [0.5, 0.6) is 5.75 Å². The molecule has 0 atom stereocenters. The normalized spacial score (nSPS) is 16.7. The van der Waals surface area contributed by atoms with Gasteiger partial charge in [0.2, 0.25) is 0 Å². The van der Waals surface area contributed by atoms with Gasteiger partial charge in [-0.05, 0) is 31.4 Å². The fraction of sp³-hybridized carbons (Fsp3) is 0.429. The number of rotatable bonds is 2. The second-order valence-corrected chi connectivity index (χ2v) is 4.82. The van der Waals surface area contributed by atoms with E-state index in [1.807, 2.05) is 19.1 Å². The van der Waals surface area contributed by atoms with E-state index in [0.29, 0.717) is 23.2 Å². The van der Waals surface area contributed by atoms with Crippen LogP contribution in [-0.4, -0.2) is 28.5 Å². The standard InChI is InChI=1S/C14H16N2O3/c1-9-3-2-4-11(12(9)17)14-15-13(16-19-14)10-5-7-18-8-6-10/h2-4,10,17H,5-8H2,1H3. The average molecular weight is 260 g/mol. The van der Waals surface area contributed by atoms with E-state index in [9.17, 15) is 5.11 Å². The number of nitrogens with zero attached hydrogens (tertiary/aromatic N) is 2. The van der Waals surface area contributed by atoms with E-state index in [-0.39, 0.29) is 5.75 Å². The molecule has 1 N–H and O–H groups in total. The molecule has 0 aliphatic carbocycles. The predicted octanol–water partition coefficient (Wildman–Crippen LogP) is 2.64. The predicted molar refractivity (Wildman–Crippen MR) is 68.9 cm³/mol. The number of para-hydroxylation sites is 1. The van der Waals surface area contributed by atoms with E-state index in [2.05, 4.69) is 10.1 Å². The number of aromatic nitrogens is 2. The summed E-state index contributed by atoms with van der Waals surface area (Å²) < 4.78 is 10.6. The lowest BCUT2D eigenvalue weighted by atomic mass is 10.00. The third-order valence-corrected chi connectivity index (χ3v) is 3.50. The Balaban J connectivity index is 1.90. The summed E-state index contributed by atoms with van der Waals surface area (Å²) in [6.07, 6.45) is 1.83. The van der Waals surface area contributed by atoms with Crippen LogP contribution in [0, 0.1) is 6.92 Å². The molecular weight excluding hydrogens is 244 g/mol. The summed E-state index contributed by atoms with van der Waals surface area (Å²) in [5.41, 5.74) is 1.38. The van der Waals surface area contributed by atoms with Crippen LogP contribution in [-0.2, 0) is 4.74 Å². The zero-order chi connectivity index (χ0) is 13.2. The number of phenols is 1. The summed E-state index contributed by atoms with van der Waals surface area (Å²) in [7, 11) is 0. The van der Waals surface area contributed by atoms with Crippen molar-refractivity contribution >= 4 is 0 Å². The lowest BCUT2D eigenvalue weighted by Gasteiger charge is -2.18. The number of hydrogen-bond acceptors (Lipinski definition) is 5. The Labute approximate surface area is 111 Å². The minimum atomic E-state index is 0.199. The van der Waals surface area contributed by atoms with Crippen molar-refractivity contribution < 1.29 is 14.4 Å². The number of ether oxygens (including phenoxy) is 1. The third-order valence-electron chi connectivity index (χ3n) is 3.50. The van der Waals surface area contributed by atoms with Gasteiger partial charge in [-0.15, -0.1) is 0 Å². The number of phenolic OH excluding ortho intramolecular Hbond substituents is 1. The minimum absolute atomic E-state index is 0.199. The molecule has 5 heteroatoms. The van der Waals surface area contributed by atoms with E-state index in [0.717, 1.165) is 31.6 Å². The monoisotopic (exact) mass is 260 g/mol. The Kier molecular flexibility index (Phi) is 3.21. The SMILES string of the molecule is Cc1cccc(-c2nc(C3CCOCC3)no2)c1O. The second kappa shape index (κ2) is 5.01. The molecule has 1 aliphatic rings. The van der Waals surface area contributed by atoms with Gasteiger partial charge in [-0.2, -0.15) is 4.98 Å². The number of benzene rings is 1. The lowest BCUT2D eigenvalue weighted by molar-refractivity contribution is 0.0830. The van der Waals surface area contributed by atoms with E-state index in [4.69, 9.17) is 9.26 Å². The third kappa shape index (κ3) is 2.33. The van der Waals surface area contributed by atoms with Crippen LogP contribution in [0.4, 0.5) is 0 Å². The van der Waals surface area contributed by atoms with E-state index < -0.39 is 0 Å². The topological polar surface area (TPSA) is 68.4 Å². The maximum Gasteiger partial charge on any atom is 0.261 e. The van der Waals surface area contributed by atoms with Gasteiger partial charge < -0.3 is 14.4 Å². The maximum atomic E-state index is 10.0. The van der Waals surface area contributed by atoms with Crippen LogP contribution in [0.25, 0.3) is 11.5 Å². The van der Waals surface area contributed by atoms with Crippen molar-refractivity contribution in [1.82, 2.24) is 10.1 Å². The first-order valence-electron chi connectivity index (χ1n) is 6.46. The number of aromatic hydroxyl groups is 1. The maximum absolute atomic E-state index is 10.0. The van der Waals surface area contributed by atoms with Crippen molar-refractivity contribution in [3.63, 3.8) is 0 Å². The highest BCUT2D eigenvalue weighted by Crippen LogP contribution is 2.32. The minimum Gasteiger partial charge on any atom is -0.507 e. The van der Waals surface area contributed by atoms with Crippen molar-refractivity contribution in [3.8, 4) is 17.2 Å². The van der Waals surface area contributed by atoms with E-state index in [1.165, 1.54) is 0 Å². The molecule has 0 spiro atoms. The molecule has 0 radical (unpaired) electrons. The van der Waals surface area contributed by atoms with E-state index >= 15 is 0 Å². The van der Waals surface area contributed by atoms with Gasteiger partial charge >= 0.3 is 0 Å². The molecule has 2 aromatic rings. The highest BCUT2D eigenvalue weighted by molar-refractivity contribution is 5.64. The molecule has 1 aromatic carbocycles. The molecule has 19 heavy (non-hydrogen) atoms. The van der Waals surface area contributed by atoms with Gasteiger partial charge in [-0.3, -0.25) is 0 Å². The lowest BCUT2D eigenvalue weighted by Crippen LogP contribution is -2.15. The van der Waals surface area contributed by atoms with Gasteiger partial charge in [0, 0.05) is 19.1 Å². The average Bonchev–Trinajstić information content (AvgIpc) is 2.92. The first-order chi connectivity index (χ1) is 9.25. The Morgan fingerprint density at radius 3 is 2.84 bits per heavy atom. The molecule has 0 saturated carbocycles. The summed E-state index contributed by atoms with van der Waals surface area (Å²) in [6.45, 7) is 3.32. The highest BCUT2D eigenvalue weighted by Gasteiger charge is 2.22. The van der Waals surface area contributed by atoms with Crippen LogP contribution in [0.3, 0.4) is 0 Å². The van der Waals surface area contributed by atoms with Crippen molar-refractivity contribution in [1.29, 1.82) is 0 Å². The summed E-state index contributed by atoms with van der Waals surface area (Å²) in [5.74, 6) is 1.57. The van der Waals surface area contributed by atoms with Crippen LogP contribution in [0.2, 0.25) is 0 Å². The fourth-order valence-corrected chi connectivity index (χ4v) is 2.30. The van der Waals surface area contributed by atoms with Crippen molar-refractivity contribution in [2.24, 2.45) is 0 Å². The molecule has 1 aliphatic heterocycles. The molecular formula is C14H16N2O3. The van der Waals surface area contributed by atoms with Gasteiger partial charge in [0.25, 0.3) is 5.89 Å². The molecule has 100 valence electrons. The molecule has 0 amide bonds. The summed E-state index contributed by atoms with van der Waals surface area (Å²) in [5, 5.41) is 14.1. The molecule has 5 nitrogen and oxygen atoms in total. The largest absolute Gasteiger partial charge is 0.507 e. The number of hydrogen-bond donors (Lipinski definition) is 1. The molecule has 1 saturated heterocycles. The molecule has 0 unspecified atom stereocenters. The first kappa shape index (κ1) is 12.2. The van der Waals surface area contributed by atoms with E-state index in [1.54, 1.807) is 6.07 Å². The fourth-order valence-electron chi connectivity index (χ4n) is 2.30. The van der Waals surface area contributed by atoms with Gasteiger partial charge in [0.1, 0.15) is 5.75 Å². The van der Waals surface area contributed by atoms with Crippen LogP contribution in [0.1, 0.15) is 30.1 Å². The molecule has 2 heterocycles. The van der Waals surface area contributed by atoms with Gasteiger partial charge in [-0.25, -0.2) is 0 Å². The molecule has 3 rings (SSSR count). The quantitative estimate of drug-likeness (QED) is 0.899. The smallest absolute Gasteiger partial charge is 0.261 e.